The van der Waals surface area contributed by atoms with E-state index in [0.29, 0.717) is 5.92 Å². The summed E-state index contributed by atoms with van der Waals surface area (Å²) in [5.74, 6) is -0.429. The van der Waals surface area contributed by atoms with Gasteiger partial charge in [-0.05, 0) is 18.1 Å². The summed E-state index contributed by atoms with van der Waals surface area (Å²) >= 11 is 0. The minimum absolute atomic E-state index is 0.0803. The molecule has 0 aromatic carbocycles. The van der Waals surface area contributed by atoms with Crippen LogP contribution in [0.2, 0.25) is 0 Å². The van der Waals surface area contributed by atoms with E-state index in [4.69, 9.17) is 5.11 Å². The molecule has 4 nitrogen and oxygen atoms in total. The van der Waals surface area contributed by atoms with Crippen LogP contribution in [0.15, 0.2) is 18.3 Å². The third-order valence-electron chi connectivity index (χ3n) is 2.05. The van der Waals surface area contributed by atoms with E-state index < -0.39 is 5.97 Å². The number of carbonyl (C=O) groups is 1. The number of carboxylic acid groups (broad SMARTS) is 1. The first-order valence-electron chi connectivity index (χ1n) is 4.91. The van der Waals surface area contributed by atoms with Crippen LogP contribution in [0, 0.1) is 5.92 Å². The Morgan fingerprint density at radius 3 is 2.60 bits per heavy atom. The maximum atomic E-state index is 10.6. The predicted octanol–water partition coefficient (Wildman–Crippen LogP) is 1.87. The van der Waals surface area contributed by atoms with Crippen LogP contribution in [-0.2, 0) is 0 Å². The highest BCUT2D eigenvalue weighted by Gasteiger charge is 2.06. The van der Waals surface area contributed by atoms with Gasteiger partial charge in [0.1, 0.15) is 5.69 Å². The van der Waals surface area contributed by atoms with E-state index in [1.54, 1.807) is 12.3 Å². The Kier molecular flexibility index (Phi) is 3.66. The van der Waals surface area contributed by atoms with E-state index in [2.05, 4.69) is 23.7 Å². The maximum Gasteiger partial charge on any atom is 0.354 e. The van der Waals surface area contributed by atoms with Crippen LogP contribution in [-0.4, -0.2) is 29.7 Å². The molecule has 82 valence electrons. The van der Waals surface area contributed by atoms with Crippen molar-refractivity contribution in [2.24, 2.45) is 5.92 Å². The molecule has 0 aliphatic rings. The molecule has 1 aromatic heterocycles. The molecule has 0 saturated carbocycles. The van der Waals surface area contributed by atoms with Crippen LogP contribution in [0.1, 0.15) is 24.3 Å². The highest BCUT2D eigenvalue weighted by molar-refractivity contribution is 5.85. The van der Waals surface area contributed by atoms with Gasteiger partial charge in [0.15, 0.2) is 0 Å². The number of anilines is 1. The molecule has 0 amide bonds. The van der Waals surface area contributed by atoms with E-state index in [0.717, 1.165) is 12.2 Å². The molecule has 0 fully saturated rings. The standard InChI is InChI=1S/C11H16N2O2/c1-8(2)7-13(3)9-4-5-10(11(14)15)12-6-9/h4-6,8H,7H2,1-3H3,(H,14,15). The van der Waals surface area contributed by atoms with Crippen molar-refractivity contribution in [3.63, 3.8) is 0 Å². The Balaban J connectivity index is 2.75. The molecule has 1 heterocycles. The van der Waals surface area contributed by atoms with Gasteiger partial charge in [-0.3, -0.25) is 0 Å². The van der Waals surface area contributed by atoms with Gasteiger partial charge in [-0.25, -0.2) is 9.78 Å². The summed E-state index contributed by atoms with van der Waals surface area (Å²) in [6.07, 6.45) is 1.59. The zero-order valence-electron chi connectivity index (χ0n) is 9.27. The van der Waals surface area contributed by atoms with Gasteiger partial charge in [0, 0.05) is 13.6 Å². The SMILES string of the molecule is CC(C)CN(C)c1ccc(C(=O)O)nc1. The Morgan fingerprint density at radius 2 is 2.20 bits per heavy atom. The Morgan fingerprint density at radius 1 is 1.53 bits per heavy atom. The third kappa shape index (κ3) is 3.23. The molecule has 0 radical (unpaired) electrons. The zero-order chi connectivity index (χ0) is 11.4. The van der Waals surface area contributed by atoms with Crippen molar-refractivity contribution >= 4 is 11.7 Å². The second kappa shape index (κ2) is 4.77. The van der Waals surface area contributed by atoms with Crippen molar-refractivity contribution in [1.29, 1.82) is 0 Å². The van der Waals surface area contributed by atoms with Gasteiger partial charge in [0.25, 0.3) is 0 Å². The third-order valence-corrected chi connectivity index (χ3v) is 2.05. The number of rotatable bonds is 4. The van der Waals surface area contributed by atoms with E-state index >= 15 is 0 Å². The fourth-order valence-corrected chi connectivity index (χ4v) is 1.39. The molecule has 15 heavy (non-hydrogen) atoms. The highest BCUT2D eigenvalue weighted by Crippen LogP contribution is 2.12. The largest absolute Gasteiger partial charge is 0.477 e. The Bertz CT molecular complexity index is 333. The Labute approximate surface area is 89.6 Å². The molecular formula is C11H16N2O2. The molecular weight excluding hydrogens is 192 g/mol. The quantitative estimate of drug-likeness (QED) is 0.820. The van der Waals surface area contributed by atoms with Crippen LogP contribution in [0.5, 0.6) is 0 Å². The van der Waals surface area contributed by atoms with E-state index in [9.17, 15) is 4.79 Å². The number of pyridine rings is 1. The lowest BCUT2D eigenvalue weighted by Crippen LogP contribution is -2.22. The number of aromatic nitrogens is 1. The van der Waals surface area contributed by atoms with Gasteiger partial charge in [-0.15, -0.1) is 0 Å². The topological polar surface area (TPSA) is 53.4 Å². The number of hydrogen-bond acceptors (Lipinski definition) is 3. The maximum absolute atomic E-state index is 10.6. The Hall–Kier alpha value is -1.58. The lowest BCUT2D eigenvalue weighted by molar-refractivity contribution is 0.0690. The smallest absolute Gasteiger partial charge is 0.354 e. The van der Waals surface area contributed by atoms with E-state index in [-0.39, 0.29) is 5.69 Å². The average molecular weight is 208 g/mol. The zero-order valence-corrected chi connectivity index (χ0v) is 9.27. The van der Waals surface area contributed by atoms with Crippen LogP contribution in [0.3, 0.4) is 0 Å². The number of nitrogens with zero attached hydrogens (tertiary/aromatic N) is 2. The van der Waals surface area contributed by atoms with Crippen molar-refractivity contribution in [1.82, 2.24) is 4.98 Å². The molecule has 1 N–H and O–H groups in total. The normalized spacial score (nSPS) is 10.4. The van der Waals surface area contributed by atoms with Gasteiger partial charge in [0.05, 0.1) is 11.9 Å². The van der Waals surface area contributed by atoms with E-state index in [1.807, 2.05) is 7.05 Å². The fourth-order valence-electron chi connectivity index (χ4n) is 1.39. The predicted molar refractivity (Wildman–Crippen MR) is 59.3 cm³/mol. The second-order valence-corrected chi connectivity index (χ2v) is 3.98. The first-order chi connectivity index (χ1) is 7.00. The molecule has 1 rings (SSSR count). The van der Waals surface area contributed by atoms with Gasteiger partial charge in [-0.2, -0.15) is 0 Å². The molecule has 0 aliphatic carbocycles. The van der Waals surface area contributed by atoms with Crippen molar-refractivity contribution in [2.75, 3.05) is 18.5 Å². The average Bonchev–Trinajstić information content (AvgIpc) is 2.17. The van der Waals surface area contributed by atoms with E-state index in [1.165, 1.54) is 6.07 Å². The van der Waals surface area contributed by atoms with Crippen LogP contribution >= 0.6 is 0 Å². The fraction of sp³-hybridized carbons (Fsp3) is 0.455. The van der Waals surface area contributed by atoms with Gasteiger partial charge < -0.3 is 10.0 Å². The molecule has 0 spiro atoms. The number of hydrogen-bond donors (Lipinski definition) is 1. The molecule has 0 unspecified atom stereocenters. The second-order valence-electron chi connectivity index (χ2n) is 3.98. The summed E-state index contributed by atoms with van der Waals surface area (Å²) in [7, 11) is 1.97. The van der Waals surface area contributed by atoms with Crippen LogP contribution in [0.4, 0.5) is 5.69 Å². The minimum atomic E-state index is -0.993. The number of carboxylic acids is 1. The lowest BCUT2D eigenvalue weighted by Gasteiger charge is -2.20. The summed E-state index contributed by atoms with van der Waals surface area (Å²) in [6, 6.07) is 3.30. The van der Waals surface area contributed by atoms with Crippen molar-refractivity contribution < 1.29 is 9.90 Å². The first kappa shape index (κ1) is 11.5. The summed E-state index contributed by atoms with van der Waals surface area (Å²) in [6.45, 7) is 5.19. The van der Waals surface area contributed by atoms with Crippen LogP contribution in [0.25, 0.3) is 0 Å². The first-order valence-corrected chi connectivity index (χ1v) is 4.91. The number of aromatic carboxylic acids is 1. The van der Waals surface area contributed by atoms with Gasteiger partial charge >= 0.3 is 5.97 Å². The van der Waals surface area contributed by atoms with Gasteiger partial charge in [-0.1, -0.05) is 13.8 Å². The molecule has 4 heteroatoms. The summed E-state index contributed by atoms with van der Waals surface area (Å²) in [5, 5.41) is 8.68. The molecule has 0 atom stereocenters. The summed E-state index contributed by atoms with van der Waals surface area (Å²) in [5.41, 5.74) is 1.02. The molecule has 0 saturated heterocycles. The highest BCUT2D eigenvalue weighted by atomic mass is 16.4. The molecule has 0 bridgehead atoms. The van der Waals surface area contributed by atoms with Crippen LogP contribution < -0.4 is 4.90 Å². The molecule has 1 aromatic rings. The van der Waals surface area contributed by atoms with Gasteiger partial charge in [0.2, 0.25) is 0 Å². The molecule has 0 aliphatic heterocycles. The summed E-state index contributed by atoms with van der Waals surface area (Å²) in [4.78, 5) is 16.5. The minimum Gasteiger partial charge on any atom is -0.477 e. The van der Waals surface area contributed by atoms with Crippen molar-refractivity contribution in [2.45, 2.75) is 13.8 Å². The van der Waals surface area contributed by atoms with Crippen molar-refractivity contribution in [3.8, 4) is 0 Å². The summed E-state index contributed by atoms with van der Waals surface area (Å²) < 4.78 is 0. The lowest BCUT2D eigenvalue weighted by atomic mass is 10.2. The monoisotopic (exact) mass is 208 g/mol. The van der Waals surface area contributed by atoms with Crippen molar-refractivity contribution in [3.05, 3.63) is 24.0 Å².